The molecule has 0 spiro atoms. The third-order valence-corrected chi connectivity index (χ3v) is 0.333. The van der Waals surface area contributed by atoms with Crippen molar-refractivity contribution in [2.75, 3.05) is 6.61 Å². The van der Waals surface area contributed by atoms with Crippen LogP contribution in [0.3, 0.4) is 0 Å². The van der Waals surface area contributed by atoms with Gasteiger partial charge < -0.3 is 0 Å². The fraction of sp³-hybridized carbons (Fsp3) is 0.833. The van der Waals surface area contributed by atoms with Gasteiger partial charge in [0.2, 0.25) is 0 Å². The summed E-state index contributed by atoms with van der Waals surface area (Å²) in [6, 6.07) is 0. The van der Waals surface area contributed by atoms with E-state index in [4.69, 9.17) is 9.90 Å². The second kappa shape index (κ2) is 7.43. The summed E-state index contributed by atoms with van der Waals surface area (Å²) in [5.74, 6) is -0.755. The number of hydrogen-bond donors (Lipinski definition) is 0. The molecule has 0 unspecified atom stereocenters. The normalized spacial score (nSPS) is 8.11. The van der Waals surface area contributed by atoms with Crippen molar-refractivity contribution in [2.45, 2.75) is 20.8 Å². The van der Waals surface area contributed by atoms with Gasteiger partial charge in [-0.05, 0) is 5.92 Å². The van der Waals surface area contributed by atoms with Gasteiger partial charge in [0.25, 0.3) is 0 Å². The third kappa shape index (κ3) is 107. The standard InChI is InChI=1S/C4H9O.C2H3O2/c1-4(2)3-5;1-2(3)4/h4H,3H2,1-2H3;1H3. The predicted octanol–water partition coefficient (Wildman–Crippen LogP) is 1.04. The molecule has 0 aromatic rings. The van der Waals surface area contributed by atoms with Gasteiger partial charge in [-0.1, -0.05) is 13.8 Å². The monoisotopic (exact) mass is 132 g/mol. The molecule has 0 atom stereocenters. The van der Waals surface area contributed by atoms with E-state index in [1.807, 2.05) is 13.8 Å². The van der Waals surface area contributed by atoms with E-state index in [1.165, 1.54) is 0 Å². The smallest absolute Gasteiger partial charge is 0.248 e. The molecule has 0 N–H and O–H groups in total. The van der Waals surface area contributed by atoms with Gasteiger partial charge in [-0.15, -0.1) is 0 Å². The quantitative estimate of drug-likeness (QED) is 0.525. The highest BCUT2D eigenvalue weighted by atomic mass is 16.4. The highest BCUT2D eigenvalue weighted by molar-refractivity contribution is 5.62. The highest BCUT2D eigenvalue weighted by Crippen LogP contribution is 1.84. The lowest BCUT2D eigenvalue weighted by atomic mass is 10.2. The van der Waals surface area contributed by atoms with E-state index in [9.17, 15) is 5.11 Å². The van der Waals surface area contributed by atoms with Crippen LogP contribution in [0.2, 0.25) is 0 Å². The summed E-state index contributed by atoms with van der Waals surface area (Å²) < 4.78 is 0. The largest absolute Gasteiger partial charge is 0.352 e. The SMILES string of the molecule is CC(C)C[O].CC([O])=O. The zero-order valence-corrected chi connectivity index (χ0v) is 6.01. The summed E-state index contributed by atoms with van der Waals surface area (Å²) in [6.45, 7) is 4.85. The first kappa shape index (κ1) is 11.3. The van der Waals surface area contributed by atoms with Crippen molar-refractivity contribution in [1.29, 1.82) is 0 Å². The van der Waals surface area contributed by atoms with Gasteiger partial charge in [-0.2, -0.15) is 0 Å². The average Bonchev–Trinajstić information content (AvgIpc) is 1.65. The van der Waals surface area contributed by atoms with Gasteiger partial charge >= 0.3 is 5.97 Å². The maximum Gasteiger partial charge on any atom is 0.352 e. The van der Waals surface area contributed by atoms with Crippen LogP contribution in [0.1, 0.15) is 20.8 Å². The van der Waals surface area contributed by atoms with E-state index in [0.29, 0.717) is 5.92 Å². The molecule has 0 amide bonds. The Morgan fingerprint density at radius 2 is 1.56 bits per heavy atom. The Morgan fingerprint density at radius 1 is 1.44 bits per heavy atom. The van der Waals surface area contributed by atoms with Gasteiger partial charge in [-0.25, -0.2) is 15.0 Å². The molecule has 0 aliphatic heterocycles. The molecular formula is C6H12O3. The molecular weight excluding hydrogens is 120 g/mol. The Kier molecular flexibility index (Phi) is 9.29. The van der Waals surface area contributed by atoms with Gasteiger partial charge in [0.05, 0.1) is 6.61 Å². The second-order valence-corrected chi connectivity index (χ2v) is 2.05. The van der Waals surface area contributed by atoms with Crippen LogP contribution in [0.5, 0.6) is 0 Å². The molecule has 0 fully saturated rings. The zero-order chi connectivity index (χ0) is 7.86. The molecule has 0 aromatic heterocycles. The van der Waals surface area contributed by atoms with Crippen LogP contribution in [-0.2, 0) is 15.0 Å². The molecule has 0 saturated heterocycles. The Labute approximate surface area is 55.3 Å². The van der Waals surface area contributed by atoms with E-state index in [1.54, 1.807) is 0 Å². The second-order valence-electron chi connectivity index (χ2n) is 2.05. The summed E-state index contributed by atoms with van der Waals surface area (Å²) in [5, 5.41) is 18.5. The van der Waals surface area contributed by atoms with Crippen molar-refractivity contribution in [1.82, 2.24) is 0 Å². The lowest BCUT2D eigenvalue weighted by Crippen LogP contribution is -1.88. The average molecular weight is 132 g/mol. The lowest BCUT2D eigenvalue weighted by Gasteiger charge is -1.87. The van der Waals surface area contributed by atoms with Crippen molar-refractivity contribution in [3.05, 3.63) is 0 Å². The maximum absolute atomic E-state index is 9.63. The molecule has 0 bridgehead atoms. The molecule has 0 saturated carbocycles. The minimum Gasteiger partial charge on any atom is -0.248 e. The van der Waals surface area contributed by atoms with Crippen LogP contribution in [0.25, 0.3) is 0 Å². The summed E-state index contributed by atoms with van der Waals surface area (Å²) in [6.07, 6.45) is 0. The fourth-order valence-electron chi connectivity index (χ4n) is 0. The fourth-order valence-corrected chi connectivity index (χ4v) is 0. The van der Waals surface area contributed by atoms with E-state index in [-0.39, 0.29) is 6.61 Å². The van der Waals surface area contributed by atoms with Gasteiger partial charge in [-0.3, -0.25) is 0 Å². The van der Waals surface area contributed by atoms with Crippen molar-refractivity contribution < 1.29 is 15.0 Å². The number of hydrogen-bond acceptors (Lipinski definition) is 1. The maximum atomic E-state index is 9.63. The first-order chi connectivity index (χ1) is 4.00. The van der Waals surface area contributed by atoms with Crippen LogP contribution in [0.4, 0.5) is 0 Å². The molecule has 3 heteroatoms. The Balaban J connectivity index is 0. The van der Waals surface area contributed by atoms with Crippen LogP contribution in [0, 0.1) is 5.92 Å². The summed E-state index contributed by atoms with van der Waals surface area (Å²) in [5.41, 5.74) is 0. The topological polar surface area (TPSA) is 56.9 Å². The predicted molar refractivity (Wildman–Crippen MR) is 31.8 cm³/mol. The van der Waals surface area contributed by atoms with Gasteiger partial charge in [0.1, 0.15) is 0 Å². The van der Waals surface area contributed by atoms with Gasteiger partial charge in [0, 0.05) is 6.92 Å². The third-order valence-electron chi connectivity index (χ3n) is 0.333. The minimum atomic E-state index is -1.08. The summed E-state index contributed by atoms with van der Waals surface area (Å²) >= 11 is 0. The van der Waals surface area contributed by atoms with Crippen LogP contribution in [-0.4, -0.2) is 12.6 Å². The van der Waals surface area contributed by atoms with E-state index < -0.39 is 5.97 Å². The van der Waals surface area contributed by atoms with Crippen molar-refractivity contribution in [3.8, 4) is 0 Å². The number of carbonyl (C=O) groups is 1. The van der Waals surface area contributed by atoms with Crippen LogP contribution >= 0.6 is 0 Å². The molecule has 0 aromatic carbocycles. The molecule has 54 valence electrons. The Bertz CT molecular complexity index is 64.7. The first-order valence-electron chi connectivity index (χ1n) is 2.76. The molecule has 0 heterocycles. The van der Waals surface area contributed by atoms with E-state index >= 15 is 0 Å². The first-order valence-corrected chi connectivity index (χ1v) is 2.76. The summed E-state index contributed by atoms with van der Waals surface area (Å²) in [7, 11) is 0. The zero-order valence-electron chi connectivity index (χ0n) is 6.01. The Hall–Kier alpha value is -0.570. The molecule has 2 radical (unpaired) electrons. The van der Waals surface area contributed by atoms with Crippen LogP contribution in [0.15, 0.2) is 0 Å². The van der Waals surface area contributed by atoms with Gasteiger partial charge in [0.15, 0.2) is 0 Å². The molecule has 0 rings (SSSR count). The van der Waals surface area contributed by atoms with Crippen molar-refractivity contribution in [2.24, 2.45) is 5.92 Å². The minimum absolute atomic E-state index is 0.0556. The highest BCUT2D eigenvalue weighted by Gasteiger charge is 1.83. The van der Waals surface area contributed by atoms with Crippen molar-refractivity contribution >= 4 is 5.97 Å². The Morgan fingerprint density at radius 3 is 1.56 bits per heavy atom. The van der Waals surface area contributed by atoms with E-state index in [2.05, 4.69) is 0 Å². The number of rotatable bonds is 1. The number of carbonyl (C=O) groups excluding carboxylic acids is 1. The summed E-state index contributed by atoms with van der Waals surface area (Å²) in [4.78, 5) is 8.89. The molecule has 9 heavy (non-hydrogen) atoms. The molecule has 0 aliphatic rings. The molecule has 0 aliphatic carbocycles. The molecule has 3 nitrogen and oxygen atoms in total. The van der Waals surface area contributed by atoms with Crippen molar-refractivity contribution in [3.63, 3.8) is 0 Å². The lowest BCUT2D eigenvalue weighted by molar-refractivity contribution is -0.140. The van der Waals surface area contributed by atoms with Crippen LogP contribution < -0.4 is 0 Å². The van der Waals surface area contributed by atoms with E-state index in [0.717, 1.165) is 6.92 Å².